The molecule has 0 saturated heterocycles. The van der Waals surface area contributed by atoms with Crippen LogP contribution in [0, 0.1) is 0 Å². The number of nitrogens with one attached hydrogen (secondary N) is 1. The smallest absolute Gasteiger partial charge is 0.226 e. The zero-order valence-electron chi connectivity index (χ0n) is 13.4. The first-order valence-corrected chi connectivity index (χ1v) is 8.94. The first-order chi connectivity index (χ1) is 11.7. The van der Waals surface area contributed by atoms with Crippen LogP contribution in [0.2, 0.25) is 5.02 Å². The Labute approximate surface area is 145 Å². The molecule has 2 aromatic rings. The second-order valence-corrected chi connectivity index (χ2v) is 7.18. The summed E-state index contributed by atoms with van der Waals surface area (Å²) in [6.07, 6.45) is 5.19. The quantitative estimate of drug-likeness (QED) is 0.832. The number of benzene rings is 1. The fraction of sp³-hybridized carbons (Fsp3) is 0.500. The molecule has 1 heterocycles. The summed E-state index contributed by atoms with van der Waals surface area (Å²) in [5.41, 5.74) is 1.20. The van der Waals surface area contributed by atoms with Crippen molar-refractivity contribution in [2.45, 2.75) is 56.4 Å². The average Bonchev–Trinajstić information content (AvgIpc) is 3.48. The predicted octanol–water partition coefficient (Wildman–Crippen LogP) is 3.60. The van der Waals surface area contributed by atoms with Gasteiger partial charge in [-0.25, -0.2) is 0 Å². The van der Waals surface area contributed by atoms with Crippen LogP contribution < -0.4 is 5.32 Å². The fourth-order valence-electron chi connectivity index (χ4n) is 3.02. The summed E-state index contributed by atoms with van der Waals surface area (Å²) in [4.78, 5) is 16.4. The standard InChI is InChI=1S/C18H20ClN3O2/c19-13-4-1-3-12(9-13)14-10-15(14)20-16(23)5-2-6-17-21-18(22-24-17)11-7-8-11/h1,3-4,9,11,14-15H,2,5-8,10H2,(H,20,23)/t14-,15+/m0/s1. The molecule has 2 saturated carbocycles. The molecule has 0 bridgehead atoms. The third-order valence-electron chi connectivity index (χ3n) is 4.63. The summed E-state index contributed by atoms with van der Waals surface area (Å²) in [7, 11) is 0. The van der Waals surface area contributed by atoms with Gasteiger partial charge in [-0.2, -0.15) is 4.98 Å². The highest BCUT2D eigenvalue weighted by molar-refractivity contribution is 6.30. The Bertz CT molecular complexity index is 741. The van der Waals surface area contributed by atoms with Crippen molar-refractivity contribution in [3.8, 4) is 0 Å². The van der Waals surface area contributed by atoms with Crippen molar-refractivity contribution >= 4 is 17.5 Å². The molecule has 1 aromatic heterocycles. The van der Waals surface area contributed by atoms with E-state index in [2.05, 4.69) is 21.5 Å². The maximum atomic E-state index is 12.0. The Kier molecular flexibility index (Phi) is 4.27. The summed E-state index contributed by atoms with van der Waals surface area (Å²) in [6.45, 7) is 0. The lowest BCUT2D eigenvalue weighted by Crippen LogP contribution is -2.26. The molecular formula is C18H20ClN3O2. The van der Waals surface area contributed by atoms with Crippen molar-refractivity contribution in [2.75, 3.05) is 0 Å². The monoisotopic (exact) mass is 345 g/mol. The number of nitrogens with zero attached hydrogens (tertiary/aromatic N) is 2. The number of carbonyl (C=O) groups is 1. The SMILES string of the molecule is O=C(CCCc1nc(C2CC2)no1)N[C@@H]1C[C@H]1c1cccc(Cl)c1. The van der Waals surface area contributed by atoms with E-state index in [1.165, 1.54) is 5.56 Å². The predicted molar refractivity (Wildman–Crippen MR) is 90.0 cm³/mol. The van der Waals surface area contributed by atoms with Crippen LogP contribution in [0.1, 0.15) is 61.2 Å². The number of rotatable bonds is 7. The van der Waals surface area contributed by atoms with Crippen LogP contribution in [0.15, 0.2) is 28.8 Å². The highest BCUT2D eigenvalue weighted by atomic mass is 35.5. The molecule has 126 valence electrons. The molecule has 24 heavy (non-hydrogen) atoms. The first kappa shape index (κ1) is 15.6. The third kappa shape index (κ3) is 3.78. The number of amides is 1. The van der Waals surface area contributed by atoms with Gasteiger partial charge in [-0.1, -0.05) is 28.9 Å². The van der Waals surface area contributed by atoms with E-state index in [0.29, 0.717) is 30.6 Å². The molecule has 4 rings (SSSR count). The molecule has 2 aliphatic rings. The summed E-state index contributed by atoms with van der Waals surface area (Å²) in [5, 5.41) is 7.83. The molecule has 0 unspecified atom stereocenters. The fourth-order valence-corrected chi connectivity index (χ4v) is 3.21. The minimum Gasteiger partial charge on any atom is -0.353 e. The van der Waals surface area contributed by atoms with Gasteiger partial charge in [0.05, 0.1) is 0 Å². The maximum absolute atomic E-state index is 12.0. The van der Waals surface area contributed by atoms with Crippen LogP contribution in [0.4, 0.5) is 0 Å². The number of hydrogen-bond acceptors (Lipinski definition) is 4. The lowest BCUT2D eigenvalue weighted by Gasteiger charge is -2.04. The van der Waals surface area contributed by atoms with Crippen LogP contribution in [0.5, 0.6) is 0 Å². The van der Waals surface area contributed by atoms with Crippen LogP contribution in [0.3, 0.4) is 0 Å². The maximum Gasteiger partial charge on any atom is 0.226 e. The van der Waals surface area contributed by atoms with E-state index in [9.17, 15) is 4.79 Å². The van der Waals surface area contributed by atoms with E-state index < -0.39 is 0 Å². The Morgan fingerprint density at radius 2 is 2.25 bits per heavy atom. The highest BCUT2D eigenvalue weighted by Crippen LogP contribution is 2.41. The van der Waals surface area contributed by atoms with Crippen molar-refractivity contribution in [3.63, 3.8) is 0 Å². The van der Waals surface area contributed by atoms with E-state index in [1.807, 2.05) is 18.2 Å². The summed E-state index contributed by atoms with van der Waals surface area (Å²) in [6, 6.07) is 8.10. The Morgan fingerprint density at radius 3 is 3.04 bits per heavy atom. The van der Waals surface area contributed by atoms with Gasteiger partial charge in [0.25, 0.3) is 0 Å². The van der Waals surface area contributed by atoms with E-state index in [0.717, 1.165) is 36.5 Å². The zero-order chi connectivity index (χ0) is 16.5. The molecule has 1 aromatic carbocycles. The number of carbonyl (C=O) groups excluding carboxylic acids is 1. The van der Waals surface area contributed by atoms with Gasteiger partial charge in [0.2, 0.25) is 11.8 Å². The third-order valence-corrected chi connectivity index (χ3v) is 4.87. The van der Waals surface area contributed by atoms with E-state index in [4.69, 9.17) is 16.1 Å². The van der Waals surface area contributed by atoms with Crippen molar-refractivity contribution in [2.24, 2.45) is 0 Å². The highest BCUT2D eigenvalue weighted by Gasteiger charge is 2.39. The van der Waals surface area contributed by atoms with Crippen molar-refractivity contribution < 1.29 is 9.32 Å². The molecule has 6 heteroatoms. The Morgan fingerprint density at radius 1 is 1.38 bits per heavy atom. The molecule has 2 atom stereocenters. The molecule has 0 aliphatic heterocycles. The molecule has 0 spiro atoms. The van der Waals surface area contributed by atoms with Gasteiger partial charge in [0.15, 0.2) is 5.82 Å². The minimum absolute atomic E-state index is 0.0893. The largest absolute Gasteiger partial charge is 0.353 e. The van der Waals surface area contributed by atoms with Gasteiger partial charge in [-0.15, -0.1) is 0 Å². The average molecular weight is 346 g/mol. The van der Waals surface area contributed by atoms with Gasteiger partial charge in [-0.3, -0.25) is 4.79 Å². The number of aryl methyl sites for hydroxylation is 1. The minimum atomic E-state index is 0.0893. The first-order valence-electron chi connectivity index (χ1n) is 8.56. The van der Waals surface area contributed by atoms with Gasteiger partial charge in [0, 0.05) is 35.7 Å². The number of aromatic nitrogens is 2. The summed E-state index contributed by atoms with van der Waals surface area (Å²) >= 11 is 6.01. The summed E-state index contributed by atoms with van der Waals surface area (Å²) < 4.78 is 5.22. The van der Waals surface area contributed by atoms with Crippen LogP contribution in [-0.4, -0.2) is 22.1 Å². The zero-order valence-corrected chi connectivity index (χ0v) is 14.1. The second-order valence-electron chi connectivity index (χ2n) is 6.75. The molecule has 2 aliphatic carbocycles. The Balaban J connectivity index is 1.19. The topological polar surface area (TPSA) is 68.0 Å². The van der Waals surface area contributed by atoms with Crippen molar-refractivity contribution in [1.29, 1.82) is 0 Å². The molecular weight excluding hydrogens is 326 g/mol. The summed E-state index contributed by atoms with van der Waals surface area (Å²) in [5.74, 6) is 2.46. The normalized spacial score (nSPS) is 22.4. The van der Waals surface area contributed by atoms with Gasteiger partial charge < -0.3 is 9.84 Å². The van der Waals surface area contributed by atoms with Gasteiger partial charge in [0.1, 0.15) is 0 Å². The number of hydrogen-bond donors (Lipinski definition) is 1. The number of halogens is 1. The molecule has 5 nitrogen and oxygen atoms in total. The van der Waals surface area contributed by atoms with E-state index in [1.54, 1.807) is 0 Å². The van der Waals surface area contributed by atoms with Gasteiger partial charge in [-0.05, 0) is 43.4 Å². The van der Waals surface area contributed by atoms with Crippen LogP contribution in [-0.2, 0) is 11.2 Å². The Hall–Kier alpha value is -1.88. The van der Waals surface area contributed by atoms with E-state index >= 15 is 0 Å². The molecule has 2 fully saturated rings. The van der Waals surface area contributed by atoms with Crippen LogP contribution in [0.25, 0.3) is 0 Å². The molecule has 1 amide bonds. The van der Waals surface area contributed by atoms with Gasteiger partial charge >= 0.3 is 0 Å². The van der Waals surface area contributed by atoms with E-state index in [-0.39, 0.29) is 11.9 Å². The second kappa shape index (κ2) is 6.55. The molecule has 1 N–H and O–H groups in total. The molecule has 0 radical (unpaired) electrons. The lowest BCUT2D eigenvalue weighted by molar-refractivity contribution is -0.121. The van der Waals surface area contributed by atoms with Crippen LogP contribution >= 0.6 is 11.6 Å². The lowest BCUT2D eigenvalue weighted by atomic mass is 10.1. The van der Waals surface area contributed by atoms with Crippen molar-refractivity contribution in [1.82, 2.24) is 15.5 Å². The van der Waals surface area contributed by atoms with Crippen molar-refractivity contribution in [3.05, 3.63) is 46.6 Å².